The second-order valence-electron chi connectivity index (χ2n) is 13.5. The molecule has 0 aliphatic rings. The number of carbonyl (C=O) groups is 1. The number of esters is 1. The molecule has 0 fully saturated rings. The van der Waals surface area contributed by atoms with Crippen LogP contribution in [0.2, 0.25) is 0 Å². The summed E-state index contributed by atoms with van der Waals surface area (Å²) < 4.78 is 5.34. The third-order valence-corrected chi connectivity index (χ3v) is 9.21. The van der Waals surface area contributed by atoms with Crippen molar-refractivity contribution in [2.75, 3.05) is 0 Å². The van der Waals surface area contributed by atoms with Crippen LogP contribution in [0.3, 0.4) is 0 Å². The molecule has 0 saturated carbocycles. The second kappa shape index (κ2) is 33.6. The summed E-state index contributed by atoms with van der Waals surface area (Å²) in [6.45, 7) is 2.30. The van der Waals surface area contributed by atoms with Crippen LogP contribution >= 0.6 is 0 Å². The average Bonchev–Trinajstić information content (AvgIpc) is 3.02. The van der Waals surface area contributed by atoms with Gasteiger partial charge in [0.05, 0.1) is 0 Å². The molecule has 0 heterocycles. The van der Waals surface area contributed by atoms with Crippen molar-refractivity contribution in [1.29, 1.82) is 0 Å². The normalized spacial score (nSPS) is 11.3. The lowest BCUT2D eigenvalue weighted by Gasteiger charge is -2.05. The minimum Gasteiger partial charge on any atom is -0.427 e. The smallest absolute Gasteiger partial charge is 0.311 e. The fraction of sp³-hybridized carbons (Fsp3) is 0.829. The number of carbonyl (C=O) groups excluding carboxylic acids is 1. The van der Waals surface area contributed by atoms with Crippen LogP contribution in [0.5, 0.6) is 5.75 Å². The molecule has 0 aliphatic carbocycles. The van der Waals surface area contributed by atoms with Gasteiger partial charge in [0.1, 0.15) is 5.75 Å². The predicted octanol–water partition coefficient (Wildman–Crippen LogP) is 14.5. The Bertz CT molecular complexity index is 670. The highest BCUT2D eigenvalue weighted by Crippen LogP contribution is 2.17. The number of hydrogen-bond donors (Lipinski definition) is 0. The topological polar surface area (TPSA) is 26.3 Å². The first-order valence-electron chi connectivity index (χ1n) is 19.6. The third kappa shape index (κ3) is 30.5. The summed E-state index contributed by atoms with van der Waals surface area (Å²) in [5.74, 6) is 0.556. The fourth-order valence-electron chi connectivity index (χ4n) is 6.32. The van der Waals surface area contributed by atoms with Crippen molar-refractivity contribution in [3.8, 4) is 5.75 Å². The van der Waals surface area contributed by atoms with Gasteiger partial charge < -0.3 is 4.74 Å². The number of ether oxygens (including phenoxy) is 1. The Morgan fingerprint density at radius 3 is 0.930 bits per heavy atom. The number of benzene rings is 1. The van der Waals surface area contributed by atoms with Gasteiger partial charge >= 0.3 is 5.97 Å². The molecular formula is C41H74O2. The summed E-state index contributed by atoms with van der Waals surface area (Å²) in [7, 11) is 0. The monoisotopic (exact) mass is 599 g/mol. The Hall–Kier alpha value is -1.31. The molecule has 1 aromatic rings. The van der Waals surface area contributed by atoms with Crippen LogP contribution in [0.4, 0.5) is 0 Å². The van der Waals surface area contributed by atoms with Crippen molar-refractivity contribution in [2.45, 2.75) is 219 Å². The molecular weight excluding hydrogens is 524 g/mol. The lowest BCUT2D eigenvalue weighted by Crippen LogP contribution is -2.07. The van der Waals surface area contributed by atoms with Gasteiger partial charge in [0.25, 0.3) is 0 Å². The van der Waals surface area contributed by atoms with Crippen LogP contribution < -0.4 is 4.74 Å². The van der Waals surface area contributed by atoms with E-state index in [1.807, 2.05) is 30.3 Å². The molecule has 0 saturated heterocycles. The van der Waals surface area contributed by atoms with Gasteiger partial charge in [-0.05, 0) is 18.6 Å². The summed E-state index contributed by atoms with van der Waals surface area (Å²) in [5, 5.41) is 0. The Morgan fingerprint density at radius 2 is 0.651 bits per heavy atom. The fourth-order valence-corrected chi connectivity index (χ4v) is 6.32. The quantitative estimate of drug-likeness (QED) is 0.0448. The Balaban J connectivity index is 1.64. The molecule has 0 atom stereocenters. The van der Waals surface area contributed by atoms with E-state index in [1.54, 1.807) is 0 Å². The Kier molecular flexibility index (Phi) is 31.0. The first-order valence-corrected chi connectivity index (χ1v) is 19.6. The van der Waals surface area contributed by atoms with Gasteiger partial charge in [0.15, 0.2) is 0 Å². The van der Waals surface area contributed by atoms with Crippen LogP contribution in [0.25, 0.3) is 0 Å². The summed E-state index contributed by atoms with van der Waals surface area (Å²) in [4.78, 5) is 11.9. The third-order valence-electron chi connectivity index (χ3n) is 9.21. The summed E-state index contributed by atoms with van der Waals surface area (Å²) in [6.07, 6.45) is 45.9. The molecule has 2 heteroatoms. The van der Waals surface area contributed by atoms with Gasteiger partial charge in [-0.1, -0.05) is 224 Å². The molecule has 43 heavy (non-hydrogen) atoms. The molecule has 0 N–H and O–H groups in total. The molecule has 0 amide bonds. The molecule has 0 bridgehead atoms. The number of rotatable bonds is 34. The van der Waals surface area contributed by atoms with Gasteiger partial charge in [-0.15, -0.1) is 0 Å². The zero-order valence-corrected chi connectivity index (χ0v) is 29.0. The molecule has 0 spiro atoms. The first-order chi connectivity index (χ1) is 21.3. The van der Waals surface area contributed by atoms with Crippen LogP contribution in [-0.4, -0.2) is 5.97 Å². The second-order valence-corrected chi connectivity index (χ2v) is 13.5. The van der Waals surface area contributed by atoms with Crippen LogP contribution in [0.15, 0.2) is 30.3 Å². The molecule has 250 valence electrons. The average molecular weight is 599 g/mol. The zero-order chi connectivity index (χ0) is 30.7. The lowest BCUT2D eigenvalue weighted by atomic mass is 10.0. The maximum absolute atomic E-state index is 11.9. The van der Waals surface area contributed by atoms with Crippen LogP contribution in [0, 0.1) is 0 Å². The van der Waals surface area contributed by atoms with Crippen LogP contribution in [-0.2, 0) is 4.79 Å². The SMILES string of the molecule is CCCCCCCCCCCCCCCCCCCCCCCCCCCCCCCCCCC(=O)Oc1ccccc1. The van der Waals surface area contributed by atoms with Crippen molar-refractivity contribution in [3.05, 3.63) is 30.3 Å². The van der Waals surface area contributed by atoms with E-state index in [-0.39, 0.29) is 5.97 Å². The number of hydrogen-bond acceptors (Lipinski definition) is 2. The summed E-state index contributed by atoms with van der Waals surface area (Å²) in [6, 6.07) is 9.39. The minimum absolute atomic E-state index is 0.100. The predicted molar refractivity (Wildman–Crippen MR) is 190 cm³/mol. The van der Waals surface area contributed by atoms with Crippen molar-refractivity contribution >= 4 is 5.97 Å². The van der Waals surface area contributed by atoms with Gasteiger partial charge in [0.2, 0.25) is 0 Å². The first kappa shape index (κ1) is 39.7. The van der Waals surface area contributed by atoms with E-state index in [9.17, 15) is 4.79 Å². The summed E-state index contributed by atoms with van der Waals surface area (Å²) in [5.41, 5.74) is 0. The van der Waals surface area contributed by atoms with E-state index in [0.29, 0.717) is 12.2 Å². The molecule has 0 radical (unpaired) electrons. The molecule has 1 rings (SSSR count). The largest absolute Gasteiger partial charge is 0.427 e. The van der Waals surface area contributed by atoms with E-state index >= 15 is 0 Å². The maximum atomic E-state index is 11.9. The number of para-hydroxylation sites is 1. The van der Waals surface area contributed by atoms with E-state index in [0.717, 1.165) is 12.8 Å². The summed E-state index contributed by atoms with van der Waals surface area (Å²) >= 11 is 0. The standard InChI is InChI=1S/C41H74O2/c1-2-3-4-5-6-7-8-9-10-11-12-13-14-15-16-17-18-19-20-21-22-23-24-25-26-27-28-29-30-31-32-36-39-41(42)43-40-37-34-33-35-38-40/h33-35,37-38H,2-32,36,39H2,1H3. The van der Waals surface area contributed by atoms with Crippen molar-refractivity contribution in [1.82, 2.24) is 0 Å². The van der Waals surface area contributed by atoms with E-state index in [1.165, 1.54) is 193 Å². The van der Waals surface area contributed by atoms with Crippen molar-refractivity contribution in [2.24, 2.45) is 0 Å². The van der Waals surface area contributed by atoms with Gasteiger partial charge in [-0.2, -0.15) is 0 Å². The van der Waals surface area contributed by atoms with Gasteiger partial charge in [0, 0.05) is 6.42 Å². The molecule has 1 aromatic carbocycles. The van der Waals surface area contributed by atoms with E-state index in [2.05, 4.69) is 6.92 Å². The zero-order valence-electron chi connectivity index (χ0n) is 29.0. The maximum Gasteiger partial charge on any atom is 0.311 e. The van der Waals surface area contributed by atoms with Crippen LogP contribution in [0.1, 0.15) is 219 Å². The van der Waals surface area contributed by atoms with Crippen molar-refractivity contribution < 1.29 is 9.53 Å². The van der Waals surface area contributed by atoms with Gasteiger partial charge in [-0.3, -0.25) is 4.79 Å². The highest BCUT2D eigenvalue weighted by molar-refractivity contribution is 5.72. The van der Waals surface area contributed by atoms with E-state index < -0.39 is 0 Å². The molecule has 2 nitrogen and oxygen atoms in total. The minimum atomic E-state index is -0.100. The Labute approximate surface area is 269 Å². The Morgan fingerprint density at radius 1 is 0.395 bits per heavy atom. The number of unbranched alkanes of at least 4 members (excludes halogenated alkanes) is 31. The highest BCUT2D eigenvalue weighted by atomic mass is 16.5. The lowest BCUT2D eigenvalue weighted by molar-refractivity contribution is -0.134. The van der Waals surface area contributed by atoms with E-state index in [4.69, 9.17) is 4.74 Å². The van der Waals surface area contributed by atoms with Gasteiger partial charge in [-0.25, -0.2) is 0 Å². The molecule has 0 unspecified atom stereocenters. The van der Waals surface area contributed by atoms with Crippen molar-refractivity contribution in [3.63, 3.8) is 0 Å². The highest BCUT2D eigenvalue weighted by Gasteiger charge is 2.04. The molecule has 0 aromatic heterocycles. The molecule has 0 aliphatic heterocycles.